The quantitative estimate of drug-likeness (QED) is 0.601. The Labute approximate surface area is 93.5 Å². The molecule has 0 amide bonds. The zero-order valence-corrected chi connectivity index (χ0v) is 10.0. The number of benzene rings is 1. The summed E-state index contributed by atoms with van der Waals surface area (Å²) in [7, 11) is 0.632. The van der Waals surface area contributed by atoms with Crippen LogP contribution in [-0.2, 0) is 0 Å². The molecule has 0 fully saturated rings. The maximum absolute atomic E-state index is 4.40. The molecule has 2 rings (SSSR count). The average molecular weight is 266 g/mol. The van der Waals surface area contributed by atoms with Crippen LogP contribution >= 0.6 is 24.5 Å². The number of rotatable bonds is 2. The van der Waals surface area contributed by atoms with Crippen molar-refractivity contribution in [1.29, 1.82) is 0 Å². The predicted octanol–water partition coefficient (Wildman–Crippen LogP) is 2.47. The number of pyridine rings is 1. The Kier molecular flexibility index (Phi) is 3.28. The first-order valence-corrected chi connectivity index (χ1v) is 6.08. The van der Waals surface area contributed by atoms with E-state index < -0.39 is 0 Å². The minimum atomic E-state index is 0.632. The molecular weight excluding hydrogens is 257 g/mol. The molecule has 14 heavy (non-hydrogen) atoms. The Morgan fingerprint density at radius 2 is 1.71 bits per heavy atom. The molecule has 1 unspecified atom stereocenters. The van der Waals surface area contributed by atoms with Crippen molar-refractivity contribution in [1.82, 2.24) is 4.98 Å². The summed E-state index contributed by atoms with van der Waals surface area (Å²) in [5.74, 6) is 0. The van der Waals surface area contributed by atoms with E-state index in [0.29, 0.717) is 8.58 Å². The van der Waals surface area contributed by atoms with Crippen molar-refractivity contribution >= 4 is 35.3 Å². The van der Waals surface area contributed by atoms with Gasteiger partial charge in [-0.05, 0) is 41.9 Å². The molecule has 0 aliphatic carbocycles. The molecule has 1 heterocycles. The monoisotopic (exact) mass is 265 g/mol. The molecule has 0 aliphatic rings. The van der Waals surface area contributed by atoms with E-state index in [1.807, 2.05) is 18.2 Å². The third kappa shape index (κ3) is 2.63. The van der Waals surface area contributed by atoms with E-state index in [9.17, 15) is 0 Å². The normalized spacial score (nSPS) is 10.9. The van der Waals surface area contributed by atoms with Gasteiger partial charge in [0.1, 0.15) is 4.60 Å². The van der Waals surface area contributed by atoms with Gasteiger partial charge in [0, 0.05) is 0 Å². The van der Waals surface area contributed by atoms with Crippen molar-refractivity contribution in [2.24, 2.45) is 0 Å². The topological polar surface area (TPSA) is 12.9 Å². The molecule has 70 valence electrons. The van der Waals surface area contributed by atoms with Gasteiger partial charge in [-0.1, -0.05) is 36.4 Å². The van der Waals surface area contributed by atoms with Crippen molar-refractivity contribution < 1.29 is 0 Å². The van der Waals surface area contributed by atoms with Crippen molar-refractivity contribution in [2.45, 2.75) is 0 Å². The Morgan fingerprint density at radius 3 is 2.43 bits per heavy atom. The minimum Gasteiger partial charge on any atom is -0.241 e. The summed E-state index contributed by atoms with van der Waals surface area (Å²) in [5.41, 5.74) is 1.12. The Morgan fingerprint density at radius 1 is 0.929 bits per heavy atom. The molecule has 1 atom stereocenters. The highest BCUT2D eigenvalue weighted by atomic mass is 79.9. The summed E-state index contributed by atoms with van der Waals surface area (Å²) in [4.78, 5) is 4.40. The van der Waals surface area contributed by atoms with Crippen LogP contribution in [0.4, 0.5) is 0 Å². The SMILES string of the molecule is Brc1cccc(Pc2ccccc2)n1. The van der Waals surface area contributed by atoms with Gasteiger partial charge in [0.25, 0.3) is 0 Å². The van der Waals surface area contributed by atoms with Gasteiger partial charge in [0.2, 0.25) is 0 Å². The van der Waals surface area contributed by atoms with Crippen LogP contribution in [0.3, 0.4) is 0 Å². The van der Waals surface area contributed by atoms with Crippen LogP contribution in [0.1, 0.15) is 0 Å². The van der Waals surface area contributed by atoms with Crippen LogP contribution in [-0.4, -0.2) is 4.98 Å². The van der Waals surface area contributed by atoms with Gasteiger partial charge in [-0.25, -0.2) is 4.98 Å². The fraction of sp³-hybridized carbons (Fsp3) is 0. The van der Waals surface area contributed by atoms with Crippen LogP contribution in [0.5, 0.6) is 0 Å². The summed E-state index contributed by atoms with van der Waals surface area (Å²) >= 11 is 3.37. The van der Waals surface area contributed by atoms with E-state index >= 15 is 0 Å². The highest BCUT2D eigenvalue weighted by Gasteiger charge is 1.96. The number of nitrogens with zero attached hydrogens (tertiary/aromatic N) is 1. The maximum atomic E-state index is 4.40. The first-order chi connectivity index (χ1) is 6.84. The second-order valence-corrected chi connectivity index (χ2v) is 4.99. The molecule has 2 aromatic rings. The molecule has 0 radical (unpaired) electrons. The summed E-state index contributed by atoms with van der Waals surface area (Å²) in [6.45, 7) is 0. The molecule has 0 saturated heterocycles. The molecular formula is C11H9BrNP. The average Bonchev–Trinajstić information content (AvgIpc) is 2.19. The number of hydrogen-bond acceptors (Lipinski definition) is 1. The molecule has 0 saturated carbocycles. The second kappa shape index (κ2) is 4.68. The maximum Gasteiger partial charge on any atom is 0.106 e. The van der Waals surface area contributed by atoms with E-state index in [0.717, 1.165) is 10.0 Å². The van der Waals surface area contributed by atoms with Gasteiger partial charge in [-0.2, -0.15) is 0 Å². The lowest BCUT2D eigenvalue weighted by Crippen LogP contribution is -2.06. The molecule has 0 spiro atoms. The van der Waals surface area contributed by atoms with Crippen molar-refractivity contribution in [3.05, 3.63) is 53.1 Å². The lowest BCUT2D eigenvalue weighted by Gasteiger charge is -2.00. The summed E-state index contributed by atoms with van der Waals surface area (Å²) in [6, 6.07) is 16.4. The van der Waals surface area contributed by atoms with Crippen molar-refractivity contribution in [2.75, 3.05) is 0 Å². The molecule has 1 nitrogen and oxygen atoms in total. The predicted molar refractivity (Wildman–Crippen MR) is 66.0 cm³/mol. The van der Waals surface area contributed by atoms with Crippen LogP contribution in [0.2, 0.25) is 0 Å². The van der Waals surface area contributed by atoms with Crippen molar-refractivity contribution in [3.8, 4) is 0 Å². The summed E-state index contributed by atoms with van der Waals surface area (Å²) < 4.78 is 0.901. The van der Waals surface area contributed by atoms with Crippen LogP contribution in [0.15, 0.2) is 53.1 Å². The molecule has 1 aromatic carbocycles. The Hall–Kier alpha value is -0.720. The van der Waals surface area contributed by atoms with E-state index in [-0.39, 0.29) is 0 Å². The Bertz CT molecular complexity index is 417. The minimum absolute atomic E-state index is 0.632. The first kappa shape index (κ1) is 9.82. The molecule has 3 heteroatoms. The molecule has 0 bridgehead atoms. The molecule has 1 aromatic heterocycles. The smallest absolute Gasteiger partial charge is 0.106 e. The van der Waals surface area contributed by atoms with E-state index in [2.05, 4.69) is 51.2 Å². The summed E-state index contributed by atoms with van der Waals surface area (Å²) in [6.07, 6.45) is 0. The third-order valence-electron chi connectivity index (χ3n) is 1.76. The van der Waals surface area contributed by atoms with Crippen LogP contribution in [0.25, 0.3) is 0 Å². The van der Waals surface area contributed by atoms with Gasteiger partial charge in [0.05, 0.1) is 5.44 Å². The Balaban J connectivity index is 2.19. The van der Waals surface area contributed by atoms with Gasteiger partial charge in [-0.15, -0.1) is 0 Å². The van der Waals surface area contributed by atoms with Crippen molar-refractivity contribution in [3.63, 3.8) is 0 Å². The van der Waals surface area contributed by atoms with Gasteiger partial charge < -0.3 is 0 Å². The van der Waals surface area contributed by atoms with E-state index in [4.69, 9.17) is 0 Å². The standard InChI is InChI=1S/C11H9BrNP/c12-10-7-4-8-11(13-10)14-9-5-2-1-3-6-9/h1-8,14H. The number of aromatic nitrogens is 1. The van der Waals surface area contributed by atoms with Crippen LogP contribution < -0.4 is 10.7 Å². The molecule has 0 N–H and O–H groups in total. The fourth-order valence-electron chi connectivity index (χ4n) is 1.15. The fourth-order valence-corrected chi connectivity index (χ4v) is 2.67. The molecule has 0 aliphatic heterocycles. The zero-order chi connectivity index (χ0) is 9.80. The van der Waals surface area contributed by atoms with Gasteiger partial charge >= 0.3 is 0 Å². The van der Waals surface area contributed by atoms with Gasteiger partial charge in [0.15, 0.2) is 0 Å². The number of halogens is 1. The van der Waals surface area contributed by atoms with E-state index in [1.165, 1.54) is 5.30 Å². The number of hydrogen-bond donors (Lipinski definition) is 0. The van der Waals surface area contributed by atoms with Crippen LogP contribution in [0, 0.1) is 0 Å². The second-order valence-electron chi connectivity index (χ2n) is 2.84. The summed E-state index contributed by atoms with van der Waals surface area (Å²) in [5, 5.41) is 1.32. The highest BCUT2D eigenvalue weighted by molar-refractivity contribution is 9.10. The van der Waals surface area contributed by atoms with Gasteiger partial charge in [-0.3, -0.25) is 0 Å². The van der Waals surface area contributed by atoms with E-state index in [1.54, 1.807) is 0 Å². The third-order valence-corrected chi connectivity index (χ3v) is 3.36. The lowest BCUT2D eigenvalue weighted by molar-refractivity contribution is 1.33. The first-order valence-electron chi connectivity index (χ1n) is 4.29. The zero-order valence-electron chi connectivity index (χ0n) is 7.44. The highest BCUT2D eigenvalue weighted by Crippen LogP contribution is 2.10. The lowest BCUT2D eigenvalue weighted by atomic mass is 10.4. The largest absolute Gasteiger partial charge is 0.241 e.